The van der Waals surface area contributed by atoms with E-state index in [0.717, 1.165) is 38.2 Å². The second-order valence-electron chi connectivity index (χ2n) is 4.42. The molecule has 4 heteroatoms. The van der Waals surface area contributed by atoms with Crippen LogP contribution in [0.15, 0.2) is 18.2 Å². The quantitative estimate of drug-likeness (QED) is 0.895. The van der Waals surface area contributed by atoms with Crippen molar-refractivity contribution < 1.29 is 9.13 Å². The van der Waals surface area contributed by atoms with E-state index >= 15 is 0 Å². The number of benzene rings is 1. The lowest BCUT2D eigenvalue weighted by Gasteiger charge is -2.22. The first-order valence-corrected chi connectivity index (χ1v) is 6.36. The average Bonchev–Trinajstić information content (AvgIpc) is 2.33. The van der Waals surface area contributed by atoms with Crippen LogP contribution in [0.5, 0.6) is 0 Å². The van der Waals surface area contributed by atoms with E-state index in [-0.39, 0.29) is 5.82 Å². The predicted molar refractivity (Wildman–Crippen MR) is 66.7 cm³/mol. The van der Waals surface area contributed by atoms with Gasteiger partial charge in [-0.2, -0.15) is 0 Å². The van der Waals surface area contributed by atoms with Gasteiger partial charge in [0.25, 0.3) is 0 Å². The molecule has 1 aliphatic heterocycles. The Kier molecular flexibility index (Phi) is 4.77. The van der Waals surface area contributed by atoms with Crippen molar-refractivity contribution >= 4 is 11.6 Å². The van der Waals surface area contributed by atoms with E-state index in [2.05, 4.69) is 5.32 Å². The van der Waals surface area contributed by atoms with Crippen molar-refractivity contribution in [1.82, 2.24) is 5.32 Å². The maximum atomic E-state index is 12.8. The van der Waals surface area contributed by atoms with Crippen molar-refractivity contribution in [3.8, 4) is 0 Å². The number of nitrogens with one attached hydrogen (secondary N) is 1. The first-order valence-electron chi connectivity index (χ1n) is 5.98. The van der Waals surface area contributed by atoms with Crippen LogP contribution in [-0.4, -0.2) is 19.8 Å². The van der Waals surface area contributed by atoms with Crippen LogP contribution < -0.4 is 5.32 Å². The molecule has 0 aromatic heterocycles. The fraction of sp³-hybridized carbons (Fsp3) is 0.538. The maximum absolute atomic E-state index is 12.8. The van der Waals surface area contributed by atoms with Crippen molar-refractivity contribution in [1.29, 1.82) is 0 Å². The Hall–Kier alpha value is -0.640. The summed E-state index contributed by atoms with van der Waals surface area (Å²) in [6.07, 6.45) is 2.23. The van der Waals surface area contributed by atoms with Crippen LogP contribution in [0.1, 0.15) is 18.4 Å². The highest BCUT2D eigenvalue weighted by molar-refractivity contribution is 6.31. The molecule has 0 radical (unpaired) electrons. The number of ether oxygens (including phenoxy) is 1. The van der Waals surface area contributed by atoms with E-state index in [4.69, 9.17) is 16.3 Å². The Balaban J connectivity index is 1.77. The number of hydrogen-bond acceptors (Lipinski definition) is 2. The van der Waals surface area contributed by atoms with Crippen molar-refractivity contribution in [3.63, 3.8) is 0 Å². The van der Waals surface area contributed by atoms with Gasteiger partial charge < -0.3 is 10.1 Å². The molecular weight excluding hydrogens is 241 g/mol. The summed E-state index contributed by atoms with van der Waals surface area (Å²) in [5.41, 5.74) is 0.945. The lowest BCUT2D eigenvalue weighted by atomic mass is 10.0. The van der Waals surface area contributed by atoms with Crippen LogP contribution in [-0.2, 0) is 11.3 Å². The first-order chi connectivity index (χ1) is 8.25. The zero-order chi connectivity index (χ0) is 12.1. The fourth-order valence-corrected chi connectivity index (χ4v) is 2.26. The van der Waals surface area contributed by atoms with Crippen molar-refractivity contribution in [3.05, 3.63) is 34.6 Å². The summed E-state index contributed by atoms with van der Waals surface area (Å²) in [6, 6.07) is 4.53. The predicted octanol–water partition coefficient (Wildman–Crippen LogP) is 3.00. The molecule has 2 nitrogen and oxygen atoms in total. The third kappa shape index (κ3) is 3.95. The van der Waals surface area contributed by atoms with Crippen molar-refractivity contribution in [2.45, 2.75) is 19.4 Å². The lowest BCUT2D eigenvalue weighted by Crippen LogP contribution is -2.27. The Bertz CT molecular complexity index is 366. The van der Waals surface area contributed by atoms with Crippen molar-refractivity contribution in [2.24, 2.45) is 5.92 Å². The smallest absolute Gasteiger partial charge is 0.124 e. The average molecular weight is 258 g/mol. The van der Waals surface area contributed by atoms with Crippen LogP contribution in [0.4, 0.5) is 4.39 Å². The molecule has 1 aromatic carbocycles. The summed E-state index contributed by atoms with van der Waals surface area (Å²) in [5, 5.41) is 3.86. The fourth-order valence-electron chi connectivity index (χ4n) is 2.03. The van der Waals surface area contributed by atoms with E-state index in [9.17, 15) is 4.39 Å². The Labute approximate surface area is 106 Å². The Morgan fingerprint density at radius 2 is 2.12 bits per heavy atom. The monoisotopic (exact) mass is 257 g/mol. The van der Waals surface area contributed by atoms with Gasteiger partial charge in [-0.3, -0.25) is 0 Å². The lowest BCUT2D eigenvalue weighted by molar-refractivity contribution is 0.0662. The van der Waals surface area contributed by atoms with E-state index in [1.165, 1.54) is 12.1 Å². The highest BCUT2D eigenvalue weighted by atomic mass is 35.5. The van der Waals surface area contributed by atoms with E-state index in [0.29, 0.717) is 17.5 Å². The highest BCUT2D eigenvalue weighted by Gasteiger charge is 2.13. The van der Waals surface area contributed by atoms with Gasteiger partial charge in [-0.05, 0) is 43.0 Å². The van der Waals surface area contributed by atoms with Gasteiger partial charge in [-0.15, -0.1) is 0 Å². The Morgan fingerprint density at radius 3 is 2.82 bits per heavy atom. The molecule has 1 aromatic rings. The van der Waals surface area contributed by atoms with Gasteiger partial charge in [0.1, 0.15) is 5.82 Å². The molecule has 0 atom stereocenters. The third-order valence-electron chi connectivity index (χ3n) is 3.10. The molecule has 1 heterocycles. The number of hydrogen-bond donors (Lipinski definition) is 1. The third-order valence-corrected chi connectivity index (χ3v) is 3.46. The number of halogens is 2. The summed E-state index contributed by atoms with van der Waals surface area (Å²) in [5.74, 6) is 0.395. The molecule has 0 aliphatic carbocycles. The normalized spacial score (nSPS) is 17.3. The minimum atomic E-state index is -0.289. The molecule has 0 unspecified atom stereocenters. The van der Waals surface area contributed by atoms with Gasteiger partial charge in [0, 0.05) is 24.8 Å². The Morgan fingerprint density at radius 1 is 1.35 bits per heavy atom. The van der Waals surface area contributed by atoms with Gasteiger partial charge in [0.15, 0.2) is 0 Å². The summed E-state index contributed by atoms with van der Waals surface area (Å²) in [6.45, 7) is 3.39. The zero-order valence-electron chi connectivity index (χ0n) is 9.72. The summed E-state index contributed by atoms with van der Waals surface area (Å²) in [7, 11) is 0. The minimum absolute atomic E-state index is 0.289. The minimum Gasteiger partial charge on any atom is -0.381 e. The first kappa shape index (κ1) is 12.8. The highest BCUT2D eigenvalue weighted by Crippen LogP contribution is 2.18. The van der Waals surface area contributed by atoms with Gasteiger partial charge in [-0.25, -0.2) is 4.39 Å². The SMILES string of the molecule is Fc1ccc(CNCC2CCOCC2)c(Cl)c1. The molecule has 1 N–H and O–H groups in total. The van der Waals surface area contributed by atoms with Crippen LogP contribution in [0, 0.1) is 11.7 Å². The molecule has 94 valence electrons. The summed E-state index contributed by atoms with van der Waals surface area (Å²) >= 11 is 5.95. The molecule has 0 amide bonds. The molecule has 1 fully saturated rings. The standard InChI is InChI=1S/C13H17ClFNO/c14-13-7-12(15)2-1-11(13)9-16-8-10-3-5-17-6-4-10/h1-2,7,10,16H,3-6,8-9H2. The van der Waals surface area contributed by atoms with Crippen LogP contribution in [0.25, 0.3) is 0 Å². The molecule has 1 saturated heterocycles. The van der Waals surface area contributed by atoms with Gasteiger partial charge >= 0.3 is 0 Å². The second-order valence-corrected chi connectivity index (χ2v) is 4.83. The van der Waals surface area contributed by atoms with Gasteiger partial charge in [0.2, 0.25) is 0 Å². The van der Waals surface area contributed by atoms with Gasteiger partial charge in [-0.1, -0.05) is 17.7 Å². The molecule has 17 heavy (non-hydrogen) atoms. The molecule has 0 spiro atoms. The van der Waals surface area contributed by atoms with E-state index in [1.807, 2.05) is 0 Å². The van der Waals surface area contributed by atoms with Crippen LogP contribution in [0.2, 0.25) is 5.02 Å². The van der Waals surface area contributed by atoms with Gasteiger partial charge in [0.05, 0.1) is 0 Å². The van der Waals surface area contributed by atoms with Crippen molar-refractivity contribution in [2.75, 3.05) is 19.8 Å². The van der Waals surface area contributed by atoms with E-state index < -0.39 is 0 Å². The summed E-state index contributed by atoms with van der Waals surface area (Å²) < 4.78 is 18.1. The largest absolute Gasteiger partial charge is 0.381 e. The zero-order valence-corrected chi connectivity index (χ0v) is 10.5. The van der Waals surface area contributed by atoms with Crippen LogP contribution >= 0.6 is 11.6 Å². The molecular formula is C13H17ClFNO. The molecule has 0 bridgehead atoms. The molecule has 2 rings (SSSR count). The maximum Gasteiger partial charge on any atom is 0.124 e. The van der Waals surface area contributed by atoms with E-state index in [1.54, 1.807) is 6.07 Å². The number of rotatable bonds is 4. The molecule has 0 saturated carbocycles. The second kappa shape index (κ2) is 6.34. The topological polar surface area (TPSA) is 21.3 Å². The summed E-state index contributed by atoms with van der Waals surface area (Å²) in [4.78, 5) is 0. The van der Waals surface area contributed by atoms with Crippen LogP contribution in [0.3, 0.4) is 0 Å². The molecule has 1 aliphatic rings.